The van der Waals surface area contributed by atoms with Crippen molar-refractivity contribution in [3.63, 3.8) is 0 Å². The summed E-state index contributed by atoms with van der Waals surface area (Å²) < 4.78 is 0. The molecule has 0 aromatic carbocycles. The van der Waals surface area contributed by atoms with Gasteiger partial charge in [-0.15, -0.1) is 0 Å². The third kappa shape index (κ3) is 2.41. The number of carbonyl (C=O) groups is 1. The standard InChI is InChI=1S/C8H11N3O2/c1-5(9)8(13)11-6-4-10-3-2-7(6)12/h2-5H,9H2,1H3,(H,10,12)(H,11,13)/t5-/m0/s1. The summed E-state index contributed by atoms with van der Waals surface area (Å²) in [6.45, 7) is 1.55. The van der Waals surface area contributed by atoms with Crippen molar-refractivity contribution in [3.05, 3.63) is 28.7 Å². The molecule has 5 nitrogen and oxygen atoms in total. The highest BCUT2D eigenvalue weighted by Gasteiger charge is 2.08. The Labute approximate surface area is 75.0 Å². The third-order valence-corrected chi connectivity index (χ3v) is 1.50. The fourth-order valence-electron chi connectivity index (χ4n) is 0.760. The summed E-state index contributed by atoms with van der Waals surface area (Å²) in [6.07, 6.45) is 2.91. The van der Waals surface area contributed by atoms with Crippen LogP contribution in [0.5, 0.6) is 0 Å². The maximum absolute atomic E-state index is 11.1. The van der Waals surface area contributed by atoms with Crippen LogP contribution in [0.3, 0.4) is 0 Å². The number of hydrogen-bond acceptors (Lipinski definition) is 3. The summed E-state index contributed by atoms with van der Waals surface area (Å²) >= 11 is 0. The zero-order chi connectivity index (χ0) is 9.84. The molecule has 5 heteroatoms. The van der Waals surface area contributed by atoms with Crippen LogP contribution in [0.4, 0.5) is 5.69 Å². The van der Waals surface area contributed by atoms with Crippen molar-refractivity contribution in [3.8, 4) is 0 Å². The van der Waals surface area contributed by atoms with Crippen LogP contribution in [0.25, 0.3) is 0 Å². The van der Waals surface area contributed by atoms with Crippen molar-refractivity contribution >= 4 is 11.6 Å². The molecule has 0 fully saturated rings. The molecule has 0 unspecified atom stereocenters. The first-order valence-electron chi connectivity index (χ1n) is 3.85. The molecule has 0 saturated carbocycles. The molecule has 1 atom stereocenters. The highest BCUT2D eigenvalue weighted by molar-refractivity contribution is 5.94. The van der Waals surface area contributed by atoms with E-state index in [1.807, 2.05) is 0 Å². The molecular formula is C8H11N3O2. The Hall–Kier alpha value is -1.62. The predicted octanol–water partition coefficient (Wildman–Crippen LogP) is -0.339. The van der Waals surface area contributed by atoms with Crippen molar-refractivity contribution in [2.75, 3.05) is 5.32 Å². The van der Waals surface area contributed by atoms with E-state index in [4.69, 9.17) is 5.73 Å². The quantitative estimate of drug-likeness (QED) is 0.583. The molecule has 4 N–H and O–H groups in total. The molecule has 0 spiro atoms. The van der Waals surface area contributed by atoms with Gasteiger partial charge in [-0.05, 0) is 6.92 Å². The molecular weight excluding hydrogens is 170 g/mol. The molecule has 1 amide bonds. The van der Waals surface area contributed by atoms with Gasteiger partial charge < -0.3 is 16.0 Å². The average molecular weight is 181 g/mol. The van der Waals surface area contributed by atoms with Gasteiger partial charge in [0.05, 0.1) is 6.04 Å². The van der Waals surface area contributed by atoms with E-state index in [0.29, 0.717) is 0 Å². The fourth-order valence-corrected chi connectivity index (χ4v) is 0.760. The second kappa shape index (κ2) is 3.86. The summed E-state index contributed by atoms with van der Waals surface area (Å²) in [5.74, 6) is -0.378. The maximum atomic E-state index is 11.1. The normalized spacial score (nSPS) is 12.2. The first-order valence-corrected chi connectivity index (χ1v) is 3.85. The van der Waals surface area contributed by atoms with E-state index in [1.165, 1.54) is 18.5 Å². The summed E-state index contributed by atoms with van der Waals surface area (Å²) in [6, 6.07) is 0.705. The second-order valence-corrected chi connectivity index (χ2v) is 2.70. The van der Waals surface area contributed by atoms with Gasteiger partial charge in [0.15, 0.2) is 0 Å². The van der Waals surface area contributed by atoms with E-state index in [-0.39, 0.29) is 17.0 Å². The SMILES string of the molecule is C[C@H](N)C(=O)Nc1c[nH]ccc1=O. The second-order valence-electron chi connectivity index (χ2n) is 2.70. The van der Waals surface area contributed by atoms with E-state index >= 15 is 0 Å². The predicted molar refractivity (Wildman–Crippen MR) is 49.3 cm³/mol. The van der Waals surface area contributed by atoms with Crippen LogP contribution in [0.1, 0.15) is 6.92 Å². The fraction of sp³-hybridized carbons (Fsp3) is 0.250. The number of hydrogen-bond donors (Lipinski definition) is 3. The van der Waals surface area contributed by atoms with Gasteiger partial charge >= 0.3 is 0 Å². The van der Waals surface area contributed by atoms with Gasteiger partial charge in [0.1, 0.15) is 5.69 Å². The Kier molecular flexibility index (Phi) is 2.81. The topological polar surface area (TPSA) is 88.0 Å². The van der Waals surface area contributed by atoms with Crippen molar-refractivity contribution in [1.29, 1.82) is 0 Å². The van der Waals surface area contributed by atoms with Gasteiger partial charge in [-0.3, -0.25) is 9.59 Å². The molecule has 1 heterocycles. The molecule has 0 radical (unpaired) electrons. The number of nitrogens with one attached hydrogen (secondary N) is 2. The Bertz CT molecular complexity index is 356. The largest absolute Gasteiger partial charge is 0.366 e. The molecule has 0 aliphatic rings. The van der Waals surface area contributed by atoms with Crippen LogP contribution in [-0.2, 0) is 4.79 Å². The molecule has 1 aromatic rings. The van der Waals surface area contributed by atoms with E-state index in [1.54, 1.807) is 6.92 Å². The number of aromatic nitrogens is 1. The average Bonchev–Trinajstić information content (AvgIpc) is 2.08. The van der Waals surface area contributed by atoms with Gasteiger partial charge in [-0.25, -0.2) is 0 Å². The zero-order valence-electron chi connectivity index (χ0n) is 7.20. The minimum atomic E-state index is -0.625. The summed E-state index contributed by atoms with van der Waals surface area (Å²) in [4.78, 5) is 24.9. The Morgan fingerprint density at radius 3 is 2.92 bits per heavy atom. The Balaban J connectivity index is 2.81. The van der Waals surface area contributed by atoms with Crippen molar-refractivity contribution in [2.45, 2.75) is 13.0 Å². The number of carbonyl (C=O) groups excluding carboxylic acids is 1. The molecule has 0 aliphatic carbocycles. The van der Waals surface area contributed by atoms with Crippen molar-refractivity contribution < 1.29 is 4.79 Å². The van der Waals surface area contributed by atoms with Gasteiger partial charge in [0.2, 0.25) is 11.3 Å². The monoisotopic (exact) mass is 181 g/mol. The zero-order valence-corrected chi connectivity index (χ0v) is 7.20. The van der Waals surface area contributed by atoms with Crippen LogP contribution < -0.4 is 16.5 Å². The number of nitrogens with two attached hydrogens (primary N) is 1. The van der Waals surface area contributed by atoms with E-state index in [0.717, 1.165) is 0 Å². The van der Waals surface area contributed by atoms with Crippen molar-refractivity contribution in [1.82, 2.24) is 4.98 Å². The minimum absolute atomic E-state index is 0.213. The lowest BCUT2D eigenvalue weighted by Gasteiger charge is -2.05. The number of anilines is 1. The number of aromatic amines is 1. The van der Waals surface area contributed by atoms with Gasteiger partial charge in [-0.2, -0.15) is 0 Å². The van der Waals surface area contributed by atoms with Crippen LogP contribution in [0, 0.1) is 0 Å². The number of rotatable bonds is 2. The number of pyridine rings is 1. The van der Waals surface area contributed by atoms with Crippen LogP contribution in [0.15, 0.2) is 23.3 Å². The highest BCUT2D eigenvalue weighted by atomic mass is 16.2. The van der Waals surface area contributed by atoms with Crippen LogP contribution in [0.2, 0.25) is 0 Å². The lowest BCUT2D eigenvalue weighted by atomic mass is 10.3. The van der Waals surface area contributed by atoms with E-state index in [9.17, 15) is 9.59 Å². The smallest absolute Gasteiger partial charge is 0.241 e. The summed E-state index contributed by atoms with van der Waals surface area (Å²) in [7, 11) is 0. The molecule has 0 saturated heterocycles. The van der Waals surface area contributed by atoms with E-state index < -0.39 is 6.04 Å². The summed E-state index contributed by atoms with van der Waals surface area (Å²) in [5.41, 5.74) is 5.28. The molecule has 1 aromatic heterocycles. The van der Waals surface area contributed by atoms with Gasteiger partial charge in [0.25, 0.3) is 0 Å². The molecule has 13 heavy (non-hydrogen) atoms. The van der Waals surface area contributed by atoms with Crippen LogP contribution >= 0.6 is 0 Å². The van der Waals surface area contributed by atoms with Gasteiger partial charge in [-0.1, -0.05) is 0 Å². The molecule has 1 rings (SSSR count). The Morgan fingerprint density at radius 1 is 1.69 bits per heavy atom. The first-order chi connectivity index (χ1) is 6.11. The molecule has 70 valence electrons. The number of amides is 1. The highest BCUT2D eigenvalue weighted by Crippen LogP contribution is 1.95. The summed E-state index contributed by atoms with van der Waals surface area (Å²) in [5, 5.41) is 2.40. The molecule has 0 bridgehead atoms. The Morgan fingerprint density at radius 2 is 2.38 bits per heavy atom. The minimum Gasteiger partial charge on any atom is -0.366 e. The van der Waals surface area contributed by atoms with E-state index in [2.05, 4.69) is 10.3 Å². The lowest BCUT2D eigenvalue weighted by Crippen LogP contribution is -2.33. The van der Waals surface area contributed by atoms with Gasteiger partial charge in [0, 0.05) is 18.5 Å². The first kappa shape index (κ1) is 9.47. The lowest BCUT2D eigenvalue weighted by molar-refractivity contribution is -0.117. The van der Waals surface area contributed by atoms with Crippen LogP contribution in [-0.4, -0.2) is 16.9 Å². The maximum Gasteiger partial charge on any atom is 0.241 e. The third-order valence-electron chi connectivity index (χ3n) is 1.50. The number of H-pyrrole nitrogens is 1. The van der Waals surface area contributed by atoms with Crippen molar-refractivity contribution in [2.24, 2.45) is 5.73 Å². The molecule has 0 aliphatic heterocycles.